The number of halogens is 5. The van der Waals surface area contributed by atoms with Gasteiger partial charge < -0.3 is 25.5 Å². The van der Waals surface area contributed by atoms with E-state index in [4.69, 9.17) is 16.2 Å². The van der Waals surface area contributed by atoms with E-state index in [0.29, 0.717) is 18.0 Å². The van der Waals surface area contributed by atoms with Crippen LogP contribution in [0.3, 0.4) is 0 Å². The monoisotopic (exact) mass is 652 g/mol. The molecule has 1 aromatic heterocycles. The van der Waals surface area contributed by atoms with E-state index in [1.54, 1.807) is 13.2 Å². The third-order valence-corrected chi connectivity index (χ3v) is 8.14. The first-order valence-corrected chi connectivity index (χ1v) is 14.5. The molecule has 1 saturated heterocycles. The molecule has 1 aliphatic heterocycles. The third kappa shape index (κ3) is 8.82. The molecule has 2 heterocycles. The van der Waals surface area contributed by atoms with Gasteiger partial charge >= 0.3 is 6.36 Å². The largest absolute Gasteiger partial charge is 0.573 e. The quantitative estimate of drug-likeness (QED) is 0.177. The molecule has 1 aliphatic rings. The summed E-state index contributed by atoms with van der Waals surface area (Å²) < 4.78 is 50.2. The Labute approximate surface area is 269 Å². The highest BCUT2D eigenvalue weighted by atomic mass is 35.5. The fourth-order valence-corrected chi connectivity index (χ4v) is 6.04. The molecule has 3 aromatic carbocycles. The molecule has 44 heavy (non-hydrogen) atoms. The maximum absolute atomic E-state index is 12.8. The Morgan fingerprint density at radius 1 is 0.886 bits per heavy atom. The average molecular weight is 654 g/mol. The molecule has 4 aromatic rings. The van der Waals surface area contributed by atoms with E-state index >= 15 is 0 Å². The van der Waals surface area contributed by atoms with E-state index in [2.05, 4.69) is 56.8 Å². The molecule has 0 unspecified atom stereocenters. The number of fused-ring (bicyclic) bond motifs is 1. The van der Waals surface area contributed by atoms with E-state index in [9.17, 15) is 13.2 Å². The third-order valence-electron chi connectivity index (χ3n) is 8.14. The first-order valence-electron chi connectivity index (χ1n) is 14.5. The van der Waals surface area contributed by atoms with Crippen molar-refractivity contribution in [1.82, 2.24) is 9.47 Å². The van der Waals surface area contributed by atoms with E-state index in [0.717, 1.165) is 79.6 Å². The molecule has 240 valence electrons. The Bertz CT molecular complexity index is 1500. The molecule has 5 rings (SSSR count). The predicted octanol–water partition coefficient (Wildman–Crippen LogP) is 7.32. The summed E-state index contributed by atoms with van der Waals surface area (Å²) in [6.45, 7) is 4.32. The van der Waals surface area contributed by atoms with E-state index in [-0.39, 0.29) is 37.1 Å². The number of nitrogens with zero attached hydrogens (tertiary/aromatic N) is 2. The second-order valence-corrected chi connectivity index (χ2v) is 11.1. The first-order chi connectivity index (χ1) is 20.3. The van der Waals surface area contributed by atoms with E-state index < -0.39 is 6.36 Å². The molecule has 0 saturated carbocycles. The van der Waals surface area contributed by atoms with E-state index in [1.807, 2.05) is 6.07 Å². The number of nitrogens with two attached hydrogens (primary N) is 2. The second kappa shape index (κ2) is 15.9. The van der Waals surface area contributed by atoms with Gasteiger partial charge in [-0.15, -0.1) is 38.0 Å². The average Bonchev–Trinajstić information content (AvgIpc) is 3.33. The van der Waals surface area contributed by atoms with Gasteiger partial charge in [0.15, 0.2) is 0 Å². The van der Waals surface area contributed by atoms with Crippen molar-refractivity contribution < 1.29 is 22.6 Å². The SMILES string of the molecule is COc1cccc(CC2CCN(Cc3ccc4c(c3)c(-c3ccc(OC(F)(F)F)cc3CN)cn4CCCN)CC2)c1.Cl.Cl. The maximum Gasteiger partial charge on any atom is 0.573 e. The molecule has 6 nitrogen and oxygen atoms in total. The minimum absolute atomic E-state index is 0. The Morgan fingerprint density at radius 2 is 1.66 bits per heavy atom. The van der Waals surface area contributed by atoms with Crippen LogP contribution in [0.25, 0.3) is 22.0 Å². The van der Waals surface area contributed by atoms with Crippen molar-refractivity contribution in [3.8, 4) is 22.6 Å². The molecule has 0 bridgehead atoms. The van der Waals surface area contributed by atoms with Crippen molar-refractivity contribution in [2.24, 2.45) is 17.4 Å². The Hall–Kier alpha value is -2.95. The summed E-state index contributed by atoms with van der Waals surface area (Å²) in [5.74, 6) is 1.28. The minimum Gasteiger partial charge on any atom is -0.497 e. The fraction of sp³-hybridized carbons (Fsp3) is 0.394. The Kier molecular flexibility index (Phi) is 12.8. The van der Waals surface area contributed by atoms with Crippen LogP contribution in [0.4, 0.5) is 13.2 Å². The van der Waals surface area contributed by atoms with Crippen LogP contribution in [-0.2, 0) is 26.1 Å². The van der Waals surface area contributed by atoms with Crippen molar-refractivity contribution >= 4 is 35.7 Å². The molecular formula is C33H41Cl2F3N4O2. The summed E-state index contributed by atoms with van der Waals surface area (Å²) in [5.41, 5.74) is 17.7. The number of hydrogen-bond donors (Lipinski definition) is 2. The number of methoxy groups -OCH3 is 1. The normalized spacial score (nSPS) is 14.2. The highest BCUT2D eigenvalue weighted by molar-refractivity contribution is 5.97. The molecule has 0 spiro atoms. The molecule has 1 fully saturated rings. The van der Waals surface area contributed by atoms with Gasteiger partial charge in [-0.2, -0.15) is 0 Å². The van der Waals surface area contributed by atoms with Crippen LogP contribution < -0.4 is 20.9 Å². The highest BCUT2D eigenvalue weighted by Crippen LogP contribution is 2.36. The lowest BCUT2D eigenvalue weighted by atomic mass is 9.90. The number of piperidine rings is 1. The summed E-state index contributed by atoms with van der Waals surface area (Å²) in [6.07, 6.45) is 1.47. The molecule has 0 aliphatic carbocycles. The molecular weight excluding hydrogens is 612 g/mol. The molecule has 0 radical (unpaired) electrons. The van der Waals surface area contributed by atoms with Crippen LogP contribution in [0.5, 0.6) is 11.5 Å². The van der Waals surface area contributed by atoms with Gasteiger partial charge in [0.05, 0.1) is 7.11 Å². The lowest BCUT2D eigenvalue weighted by Crippen LogP contribution is -2.33. The topological polar surface area (TPSA) is 78.7 Å². The zero-order valence-electron chi connectivity index (χ0n) is 24.8. The number of hydrogen-bond acceptors (Lipinski definition) is 5. The standard InChI is InChI=1S/C33H39F3N4O2.2ClH/c1-41-27-5-2-4-24(17-27)16-23-10-14-39(15-11-23)21-25-6-9-32-30(18-25)31(22-40(32)13-3-12-37)29-8-7-28(19-26(29)20-38)42-33(34,35)36;;/h2,4-9,17-19,22-23H,3,10-16,20-21,37-38H2,1H3;2*1H. The zero-order chi connectivity index (χ0) is 29.7. The predicted molar refractivity (Wildman–Crippen MR) is 175 cm³/mol. The van der Waals surface area contributed by atoms with Crippen molar-refractivity contribution in [1.29, 1.82) is 0 Å². The van der Waals surface area contributed by atoms with Crippen LogP contribution in [-0.4, -0.2) is 42.6 Å². The highest BCUT2D eigenvalue weighted by Gasteiger charge is 2.31. The fourth-order valence-electron chi connectivity index (χ4n) is 6.04. The maximum atomic E-state index is 12.8. The van der Waals surface area contributed by atoms with Crippen LogP contribution in [0.1, 0.15) is 36.0 Å². The number of aromatic nitrogens is 1. The van der Waals surface area contributed by atoms with E-state index in [1.165, 1.54) is 23.3 Å². The van der Waals surface area contributed by atoms with Crippen LogP contribution in [0.15, 0.2) is 66.9 Å². The first kappa shape index (κ1) is 35.5. The van der Waals surface area contributed by atoms with Gasteiger partial charge in [0.25, 0.3) is 0 Å². The van der Waals surface area contributed by atoms with Crippen LogP contribution in [0.2, 0.25) is 0 Å². The van der Waals surface area contributed by atoms with Gasteiger partial charge in [-0.1, -0.05) is 24.3 Å². The molecule has 4 N–H and O–H groups in total. The molecule has 0 atom stereocenters. The number of rotatable bonds is 11. The Balaban J connectivity index is 0.00000264. The van der Waals surface area contributed by atoms with Crippen molar-refractivity contribution in [3.05, 3.63) is 83.6 Å². The smallest absolute Gasteiger partial charge is 0.497 e. The van der Waals surface area contributed by atoms with Crippen LogP contribution in [0, 0.1) is 5.92 Å². The van der Waals surface area contributed by atoms with Gasteiger partial charge in [0.1, 0.15) is 11.5 Å². The van der Waals surface area contributed by atoms with Gasteiger partial charge in [0, 0.05) is 42.3 Å². The Morgan fingerprint density at radius 3 is 2.34 bits per heavy atom. The van der Waals surface area contributed by atoms with Crippen LogP contribution >= 0.6 is 24.8 Å². The van der Waals surface area contributed by atoms with Gasteiger partial charge in [-0.05, 0) is 110 Å². The summed E-state index contributed by atoms with van der Waals surface area (Å²) in [5, 5.41) is 1.05. The minimum atomic E-state index is -4.76. The summed E-state index contributed by atoms with van der Waals surface area (Å²) in [7, 11) is 1.70. The molecule has 11 heteroatoms. The number of likely N-dealkylation sites (tertiary alicyclic amines) is 1. The lowest BCUT2D eigenvalue weighted by molar-refractivity contribution is -0.274. The number of ether oxygens (including phenoxy) is 2. The zero-order valence-corrected chi connectivity index (χ0v) is 26.4. The summed E-state index contributed by atoms with van der Waals surface area (Å²) in [6, 6.07) is 19.3. The van der Waals surface area contributed by atoms with Crippen molar-refractivity contribution in [2.45, 2.75) is 51.7 Å². The second-order valence-electron chi connectivity index (χ2n) is 11.1. The van der Waals surface area contributed by atoms with Crippen molar-refractivity contribution in [3.63, 3.8) is 0 Å². The van der Waals surface area contributed by atoms with Gasteiger partial charge in [0.2, 0.25) is 0 Å². The summed E-state index contributed by atoms with van der Waals surface area (Å²) in [4.78, 5) is 2.50. The summed E-state index contributed by atoms with van der Waals surface area (Å²) >= 11 is 0. The number of alkyl halides is 3. The van der Waals surface area contributed by atoms with Gasteiger partial charge in [-0.25, -0.2) is 0 Å². The number of benzene rings is 3. The van der Waals surface area contributed by atoms with Gasteiger partial charge in [-0.3, -0.25) is 4.90 Å². The molecule has 0 amide bonds. The number of aryl methyl sites for hydroxylation is 1. The van der Waals surface area contributed by atoms with Crippen molar-refractivity contribution in [2.75, 3.05) is 26.7 Å². The lowest BCUT2D eigenvalue weighted by Gasteiger charge is -2.32.